The van der Waals surface area contributed by atoms with Gasteiger partial charge in [-0.2, -0.15) is 0 Å². The van der Waals surface area contributed by atoms with E-state index in [1.165, 1.54) is 0 Å². The van der Waals surface area contributed by atoms with Gasteiger partial charge in [0.05, 0.1) is 0 Å². The third-order valence-electron chi connectivity index (χ3n) is 3.00. The van der Waals surface area contributed by atoms with Gasteiger partial charge in [0.15, 0.2) is 6.10 Å². The van der Waals surface area contributed by atoms with Crippen molar-refractivity contribution < 1.29 is 14.3 Å². The van der Waals surface area contributed by atoms with Crippen LogP contribution >= 0.6 is 0 Å². The van der Waals surface area contributed by atoms with E-state index in [2.05, 4.69) is 0 Å². The molecule has 0 aliphatic carbocycles. The van der Waals surface area contributed by atoms with Crippen LogP contribution in [0, 0.1) is 5.41 Å². The molecule has 1 fully saturated rings. The first kappa shape index (κ1) is 13.0. The Balaban J connectivity index is 2.82. The monoisotopic (exact) mass is 227 g/mol. The molecule has 1 saturated heterocycles. The minimum atomic E-state index is -0.681. The number of rotatable bonds is 3. The molecule has 1 aliphatic heterocycles. The molecule has 1 unspecified atom stereocenters. The number of ether oxygens (including phenoxy) is 1. The van der Waals surface area contributed by atoms with Gasteiger partial charge < -0.3 is 9.64 Å². The number of amides is 1. The molecule has 0 N–H and O–H groups in total. The fraction of sp³-hybridized carbons (Fsp3) is 0.833. The molecule has 16 heavy (non-hydrogen) atoms. The molecule has 0 aromatic heterocycles. The fourth-order valence-corrected chi connectivity index (χ4v) is 2.05. The number of carbonyl (C=O) groups excluding carboxylic acids is 2. The highest BCUT2D eigenvalue weighted by atomic mass is 16.6. The van der Waals surface area contributed by atoms with Crippen molar-refractivity contribution in [1.82, 2.24) is 4.90 Å². The Morgan fingerprint density at radius 1 is 1.25 bits per heavy atom. The van der Waals surface area contributed by atoms with Gasteiger partial charge in [-0.05, 0) is 41.5 Å². The maximum atomic E-state index is 12.2. The minimum Gasteiger partial charge on any atom is -0.450 e. The second-order valence-corrected chi connectivity index (χ2v) is 5.44. The van der Waals surface area contributed by atoms with Crippen LogP contribution in [0.1, 0.15) is 41.5 Å². The molecule has 0 aromatic rings. The highest BCUT2D eigenvalue weighted by molar-refractivity contribution is 5.96. The largest absolute Gasteiger partial charge is 0.450 e. The predicted octanol–water partition coefficient (Wildman–Crippen LogP) is 1.58. The van der Waals surface area contributed by atoms with E-state index in [0.29, 0.717) is 0 Å². The summed E-state index contributed by atoms with van der Waals surface area (Å²) < 4.78 is 4.97. The first-order valence-electron chi connectivity index (χ1n) is 5.72. The quantitative estimate of drug-likeness (QED) is 0.688. The van der Waals surface area contributed by atoms with E-state index >= 15 is 0 Å². The van der Waals surface area contributed by atoms with Crippen molar-refractivity contribution in [1.29, 1.82) is 0 Å². The van der Waals surface area contributed by atoms with Gasteiger partial charge in [-0.3, -0.25) is 9.59 Å². The maximum Gasteiger partial charge on any atom is 0.316 e. The van der Waals surface area contributed by atoms with E-state index < -0.39 is 11.5 Å². The van der Waals surface area contributed by atoms with E-state index in [1.807, 2.05) is 27.7 Å². The standard InChI is InChI=1S/C12H21NO3/c1-7(2)13(8(3)4)10(14)9-12(5,6)11(15)16-9/h7-9H,1-6H3. The van der Waals surface area contributed by atoms with Crippen LogP contribution in [0.3, 0.4) is 0 Å². The lowest BCUT2D eigenvalue weighted by atomic mass is 9.80. The normalized spacial score (nSPS) is 23.0. The minimum absolute atomic E-state index is 0.0883. The van der Waals surface area contributed by atoms with Crippen LogP contribution in [-0.2, 0) is 14.3 Å². The van der Waals surface area contributed by atoms with Crippen molar-refractivity contribution in [2.24, 2.45) is 5.41 Å². The summed E-state index contributed by atoms with van der Waals surface area (Å²) in [7, 11) is 0. The van der Waals surface area contributed by atoms with Gasteiger partial charge in [0.25, 0.3) is 5.91 Å². The lowest BCUT2D eigenvalue weighted by Crippen LogP contribution is -2.62. The fourth-order valence-electron chi connectivity index (χ4n) is 2.05. The molecule has 4 heteroatoms. The Hall–Kier alpha value is -1.06. The summed E-state index contributed by atoms with van der Waals surface area (Å²) in [4.78, 5) is 25.2. The van der Waals surface area contributed by atoms with Gasteiger partial charge in [-0.25, -0.2) is 0 Å². The molecule has 92 valence electrons. The van der Waals surface area contributed by atoms with Crippen molar-refractivity contribution in [3.63, 3.8) is 0 Å². The van der Waals surface area contributed by atoms with Gasteiger partial charge in [0.1, 0.15) is 5.41 Å². The summed E-state index contributed by atoms with van der Waals surface area (Å²) in [6, 6.07) is 0.227. The molecule has 1 atom stereocenters. The molecule has 0 saturated carbocycles. The zero-order valence-electron chi connectivity index (χ0n) is 10.9. The molecule has 4 nitrogen and oxygen atoms in total. The molecule has 0 spiro atoms. The van der Waals surface area contributed by atoms with Crippen molar-refractivity contribution in [3.05, 3.63) is 0 Å². The number of cyclic esters (lactones) is 1. The molecule has 1 aliphatic rings. The molecule has 1 rings (SSSR count). The second-order valence-electron chi connectivity index (χ2n) is 5.44. The average Bonchev–Trinajstić information content (AvgIpc) is 2.12. The Morgan fingerprint density at radius 3 is 1.94 bits per heavy atom. The van der Waals surface area contributed by atoms with Crippen molar-refractivity contribution in [2.75, 3.05) is 0 Å². The van der Waals surface area contributed by atoms with Gasteiger partial charge in [-0.15, -0.1) is 0 Å². The topological polar surface area (TPSA) is 46.6 Å². The van der Waals surface area contributed by atoms with Gasteiger partial charge in [-0.1, -0.05) is 0 Å². The summed E-state index contributed by atoms with van der Waals surface area (Å²) in [5.74, 6) is -0.382. The van der Waals surface area contributed by atoms with E-state index in [1.54, 1.807) is 18.7 Å². The highest BCUT2D eigenvalue weighted by Gasteiger charge is 2.56. The van der Waals surface area contributed by atoms with Crippen LogP contribution in [0.25, 0.3) is 0 Å². The Kier molecular flexibility index (Phi) is 3.31. The summed E-state index contributed by atoms with van der Waals surface area (Å²) in [5, 5.41) is 0. The molecular formula is C12H21NO3. The Labute approximate surface area is 96.9 Å². The van der Waals surface area contributed by atoms with E-state index in [9.17, 15) is 9.59 Å². The zero-order chi connectivity index (χ0) is 12.7. The summed E-state index contributed by atoms with van der Waals surface area (Å²) >= 11 is 0. The smallest absolute Gasteiger partial charge is 0.316 e. The first-order valence-corrected chi connectivity index (χ1v) is 5.72. The van der Waals surface area contributed by atoms with Crippen molar-refractivity contribution in [3.8, 4) is 0 Å². The van der Waals surface area contributed by atoms with Crippen LogP contribution in [0.2, 0.25) is 0 Å². The SMILES string of the molecule is CC(C)N(C(=O)C1OC(=O)C1(C)C)C(C)C. The summed E-state index contributed by atoms with van der Waals surface area (Å²) in [6.45, 7) is 11.4. The van der Waals surface area contributed by atoms with E-state index in [0.717, 1.165) is 0 Å². The molecular weight excluding hydrogens is 206 g/mol. The van der Waals surface area contributed by atoms with E-state index in [4.69, 9.17) is 4.74 Å². The van der Waals surface area contributed by atoms with Gasteiger partial charge in [0.2, 0.25) is 0 Å². The molecule has 0 aromatic carbocycles. The van der Waals surface area contributed by atoms with Crippen molar-refractivity contribution >= 4 is 11.9 Å². The summed E-state index contributed by atoms with van der Waals surface area (Å²) in [6.07, 6.45) is -0.621. The first-order chi connectivity index (χ1) is 7.19. The zero-order valence-corrected chi connectivity index (χ0v) is 10.9. The van der Waals surface area contributed by atoms with Crippen molar-refractivity contribution in [2.45, 2.75) is 59.7 Å². The van der Waals surface area contributed by atoms with Gasteiger partial charge in [0, 0.05) is 12.1 Å². The number of carbonyl (C=O) groups is 2. The highest BCUT2D eigenvalue weighted by Crippen LogP contribution is 2.37. The number of esters is 1. The lowest BCUT2D eigenvalue weighted by Gasteiger charge is -2.44. The van der Waals surface area contributed by atoms with Crippen LogP contribution in [0.15, 0.2) is 0 Å². The molecule has 1 amide bonds. The molecule has 1 heterocycles. The molecule has 0 radical (unpaired) electrons. The Morgan fingerprint density at radius 2 is 1.69 bits per heavy atom. The van der Waals surface area contributed by atoms with Crippen LogP contribution in [0.4, 0.5) is 0 Å². The number of hydrogen-bond acceptors (Lipinski definition) is 3. The lowest BCUT2D eigenvalue weighted by molar-refractivity contribution is -0.207. The predicted molar refractivity (Wildman–Crippen MR) is 60.8 cm³/mol. The Bertz CT molecular complexity index is 299. The number of nitrogens with zero attached hydrogens (tertiary/aromatic N) is 1. The van der Waals surface area contributed by atoms with Crippen LogP contribution in [-0.4, -0.2) is 35.0 Å². The maximum absolute atomic E-state index is 12.2. The second kappa shape index (κ2) is 4.07. The average molecular weight is 227 g/mol. The van der Waals surface area contributed by atoms with Gasteiger partial charge >= 0.3 is 5.97 Å². The molecule has 0 bridgehead atoms. The third kappa shape index (κ3) is 1.93. The third-order valence-corrected chi connectivity index (χ3v) is 3.00. The number of hydrogen-bond donors (Lipinski definition) is 0. The summed E-state index contributed by atoms with van der Waals surface area (Å²) in [5.41, 5.74) is -0.681. The van der Waals surface area contributed by atoms with Crippen LogP contribution in [0.5, 0.6) is 0 Å². The van der Waals surface area contributed by atoms with E-state index in [-0.39, 0.29) is 24.0 Å². The van der Waals surface area contributed by atoms with Crippen LogP contribution < -0.4 is 0 Å².